The van der Waals surface area contributed by atoms with E-state index in [0.717, 1.165) is 18.8 Å². The third-order valence-corrected chi connectivity index (χ3v) is 3.97. The van der Waals surface area contributed by atoms with E-state index in [2.05, 4.69) is 0 Å². The Morgan fingerprint density at radius 1 is 1.00 bits per heavy atom. The van der Waals surface area contributed by atoms with Crippen LogP contribution in [0.1, 0.15) is 65.2 Å². The molecule has 1 fully saturated rings. The largest absolute Gasteiger partial charge is 0.465 e. The maximum absolute atomic E-state index is 11.8. The first-order chi connectivity index (χ1) is 9.69. The van der Waals surface area contributed by atoms with Gasteiger partial charge in [-0.15, -0.1) is 0 Å². The molecule has 1 aliphatic carbocycles. The third-order valence-electron chi connectivity index (χ3n) is 3.97. The van der Waals surface area contributed by atoms with Crippen molar-refractivity contribution in [2.24, 2.45) is 11.8 Å². The quantitative estimate of drug-likeness (QED) is 0.506. The molecule has 0 radical (unpaired) electrons. The lowest BCUT2D eigenvalue weighted by molar-refractivity contribution is -0.162. The zero-order valence-electron chi connectivity index (χ0n) is 12.9. The maximum atomic E-state index is 11.8. The fraction of sp³-hybridized carbons (Fsp3) is 0.875. The lowest BCUT2D eigenvalue weighted by atomic mass is 9.85. The summed E-state index contributed by atoms with van der Waals surface area (Å²) in [5, 5.41) is 0. The van der Waals surface area contributed by atoms with Crippen LogP contribution in [-0.2, 0) is 19.1 Å². The molecule has 20 heavy (non-hydrogen) atoms. The SMILES string of the molecule is CCOC(=O)C(CCCC1CCCCC1)C(=O)OCC. The van der Waals surface area contributed by atoms with Gasteiger partial charge in [0.25, 0.3) is 0 Å². The van der Waals surface area contributed by atoms with Crippen LogP contribution in [0.2, 0.25) is 0 Å². The first-order valence-corrected chi connectivity index (χ1v) is 8.02. The average Bonchev–Trinajstić information content (AvgIpc) is 2.45. The zero-order chi connectivity index (χ0) is 14.8. The summed E-state index contributed by atoms with van der Waals surface area (Å²) in [5.74, 6) is -0.837. The van der Waals surface area contributed by atoms with Crippen molar-refractivity contribution in [3.63, 3.8) is 0 Å². The second-order valence-corrected chi connectivity index (χ2v) is 5.49. The number of carbonyl (C=O) groups excluding carboxylic acids is 2. The van der Waals surface area contributed by atoms with Gasteiger partial charge in [0.15, 0.2) is 5.92 Å². The van der Waals surface area contributed by atoms with Crippen LogP contribution >= 0.6 is 0 Å². The van der Waals surface area contributed by atoms with Gasteiger partial charge in [-0.3, -0.25) is 9.59 Å². The molecule has 0 aromatic rings. The minimum atomic E-state index is -0.738. The zero-order valence-corrected chi connectivity index (χ0v) is 12.9. The van der Waals surface area contributed by atoms with E-state index < -0.39 is 17.9 Å². The van der Waals surface area contributed by atoms with E-state index in [1.807, 2.05) is 0 Å². The summed E-state index contributed by atoms with van der Waals surface area (Å²) in [6, 6.07) is 0. The molecule has 0 aromatic carbocycles. The van der Waals surface area contributed by atoms with Crippen molar-refractivity contribution in [2.75, 3.05) is 13.2 Å². The molecule has 1 saturated carbocycles. The Hall–Kier alpha value is -1.06. The lowest BCUT2D eigenvalue weighted by Gasteiger charge is -2.22. The Labute approximate surface area is 122 Å². The van der Waals surface area contributed by atoms with E-state index in [1.54, 1.807) is 13.8 Å². The van der Waals surface area contributed by atoms with E-state index in [0.29, 0.717) is 19.6 Å². The highest BCUT2D eigenvalue weighted by atomic mass is 16.6. The minimum absolute atomic E-state index is 0.303. The van der Waals surface area contributed by atoms with Crippen molar-refractivity contribution in [1.29, 1.82) is 0 Å². The Balaban J connectivity index is 2.38. The molecular weight excluding hydrogens is 256 g/mol. The predicted molar refractivity (Wildman–Crippen MR) is 77.2 cm³/mol. The van der Waals surface area contributed by atoms with E-state index >= 15 is 0 Å². The second-order valence-electron chi connectivity index (χ2n) is 5.49. The smallest absolute Gasteiger partial charge is 0.320 e. The highest BCUT2D eigenvalue weighted by Gasteiger charge is 2.29. The summed E-state index contributed by atoms with van der Waals surface area (Å²) in [6.45, 7) is 4.11. The molecule has 0 unspecified atom stereocenters. The van der Waals surface area contributed by atoms with Crippen LogP contribution in [0.3, 0.4) is 0 Å². The van der Waals surface area contributed by atoms with Crippen LogP contribution in [0.15, 0.2) is 0 Å². The van der Waals surface area contributed by atoms with Crippen LogP contribution in [-0.4, -0.2) is 25.2 Å². The molecule has 0 atom stereocenters. The number of ether oxygens (including phenoxy) is 2. The summed E-state index contributed by atoms with van der Waals surface area (Å²) in [7, 11) is 0. The predicted octanol–water partition coefficient (Wildman–Crippen LogP) is 3.48. The first-order valence-electron chi connectivity index (χ1n) is 8.02. The van der Waals surface area contributed by atoms with Crippen molar-refractivity contribution >= 4 is 11.9 Å². The van der Waals surface area contributed by atoms with Gasteiger partial charge in [0, 0.05) is 0 Å². The fourth-order valence-electron chi connectivity index (χ4n) is 2.90. The molecule has 0 heterocycles. The van der Waals surface area contributed by atoms with E-state index in [-0.39, 0.29) is 0 Å². The van der Waals surface area contributed by atoms with Crippen molar-refractivity contribution in [3.8, 4) is 0 Å². The molecule has 0 aromatic heterocycles. The molecule has 0 bridgehead atoms. The van der Waals surface area contributed by atoms with Crippen LogP contribution in [0.5, 0.6) is 0 Å². The number of esters is 2. The van der Waals surface area contributed by atoms with Gasteiger partial charge in [-0.25, -0.2) is 0 Å². The molecule has 4 nitrogen and oxygen atoms in total. The van der Waals surface area contributed by atoms with Gasteiger partial charge >= 0.3 is 11.9 Å². The summed E-state index contributed by atoms with van der Waals surface area (Å²) in [5.41, 5.74) is 0. The molecule has 0 saturated heterocycles. The third kappa shape index (κ3) is 5.93. The molecule has 116 valence electrons. The maximum Gasteiger partial charge on any atom is 0.320 e. The topological polar surface area (TPSA) is 52.6 Å². The van der Waals surface area contributed by atoms with Crippen molar-refractivity contribution < 1.29 is 19.1 Å². The van der Waals surface area contributed by atoms with Crippen molar-refractivity contribution in [3.05, 3.63) is 0 Å². The highest BCUT2D eigenvalue weighted by Crippen LogP contribution is 2.28. The lowest BCUT2D eigenvalue weighted by Crippen LogP contribution is -2.28. The fourth-order valence-corrected chi connectivity index (χ4v) is 2.90. The monoisotopic (exact) mass is 284 g/mol. The molecule has 1 aliphatic rings. The Morgan fingerprint density at radius 2 is 1.55 bits per heavy atom. The highest BCUT2D eigenvalue weighted by molar-refractivity contribution is 5.94. The van der Waals surface area contributed by atoms with E-state index in [4.69, 9.17) is 9.47 Å². The average molecular weight is 284 g/mol. The molecule has 0 amide bonds. The summed E-state index contributed by atoms with van der Waals surface area (Å²) in [4.78, 5) is 23.6. The van der Waals surface area contributed by atoms with Crippen LogP contribution in [0, 0.1) is 11.8 Å². The molecule has 0 aliphatic heterocycles. The summed E-state index contributed by atoms with van der Waals surface area (Å²) < 4.78 is 9.95. The van der Waals surface area contributed by atoms with Gasteiger partial charge in [0.1, 0.15) is 0 Å². The molecule has 4 heteroatoms. The van der Waals surface area contributed by atoms with Gasteiger partial charge in [0.05, 0.1) is 13.2 Å². The minimum Gasteiger partial charge on any atom is -0.465 e. The van der Waals surface area contributed by atoms with Crippen LogP contribution in [0.4, 0.5) is 0 Å². The number of rotatable bonds is 8. The Kier molecular flexibility index (Phi) is 8.31. The second kappa shape index (κ2) is 9.78. The molecular formula is C16H28O4. The van der Waals surface area contributed by atoms with Crippen molar-refractivity contribution in [2.45, 2.75) is 65.2 Å². The number of carbonyl (C=O) groups is 2. The van der Waals surface area contributed by atoms with Crippen LogP contribution in [0.25, 0.3) is 0 Å². The van der Waals surface area contributed by atoms with Crippen LogP contribution < -0.4 is 0 Å². The molecule has 1 rings (SSSR count). The van der Waals surface area contributed by atoms with E-state index in [1.165, 1.54) is 32.1 Å². The van der Waals surface area contributed by atoms with Gasteiger partial charge in [-0.1, -0.05) is 44.9 Å². The molecule has 0 spiro atoms. The van der Waals surface area contributed by atoms with Crippen molar-refractivity contribution in [1.82, 2.24) is 0 Å². The summed E-state index contributed by atoms with van der Waals surface area (Å²) >= 11 is 0. The standard InChI is InChI=1S/C16H28O4/c1-3-19-15(17)14(16(18)20-4-2)12-8-11-13-9-6-5-7-10-13/h13-14H,3-12H2,1-2H3. The van der Waals surface area contributed by atoms with Gasteiger partial charge in [-0.05, 0) is 26.2 Å². The van der Waals surface area contributed by atoms with Gasteiger partial charge in [0.2, 0.25) is 0 Å². The van der Waals surface area contributed by atoms with Gasteiger partial charge < -0.3 is 9.47 Å². The Morgan fingerprint density at radius 3 is 2.05 bits per heavy atom. The first kappa shape index (κ1) is 17.0. The molecule has 0 N–H and O–H groups in total. The number of hydrogen-bond acceptors (Lipinski definition) is 4. The summed E-state index contributed by atoms with van der Waals surface area (Å²) in [6.07, 6.45) is 9.14. The van der Waals surface area contributed by atoms with Gasteiger partial charge in [-0.2, -0.15) is 0 Å². The van der Waals surface area contributed by atoms with E-state index in [9.17, 15) is 9.59 Å². The Bertz CT molecular complexity index is 277. The normalized spacial score (nSPS) is 16.1. The number of hydrogen-bond donors (Lipinski definition) is 0.